The van der Waals surface area contributed by atoms with Crippen molar-refractivity contribution in [3.8, 4) is 5.75 Å². The van der Waals surface area contributed by atoms with Crippen molar-refractivity contribution in [1.29, 1.82) is 0 Å². The van der Waals surface area contributed by atoms with Crippen LogP contribution in [0.15, 0.2) is 54.6 Å². The minimum Gasteiger partial charge on any atom is -0.496 e. The molecule has 0 aliphatic rings. The Kier molecular flexibility index (Phi) is 4.46. The second kappa shape index (κ2) is 6.47. The predicted octanol–water partition coefficient (Wildman–Crippen LogP) is 2.26. The number of ether oxygens (including phenoxy) is 2. The van der Waals surface area contributed by atoms with Crippen LogP contribution >= 0.6 is 0 Å². The summed E-state index contributed by atoms with van der Waals surface area (Å²) in [6, 6.07) is 14.2. The zero-order valence-electron chi connectivity index (χ0n) is 11.2. The Morgan fingerprint density at radius 2 is 1.48 bits per heavy atom. The fourth-order valence-electron chi connectivity index (χ4n) is 1.71. The number of hydrogen-bond acceptors (Lipinski definition) is 5. The summed E-state index contributed by atoms with van der Waals surface area (Å²) in [6.07, 6.45) is 0. The number of rotatable bonds is 4. The van der Waals surface area contributed by atoms with Crippen LogP contribution in [0.2, 0.25) is 0 Å². The fourth-order valence-corrected chi connectivity index (χ4v) is 1.71. The van der Waals surface area contributed by atoms with E-state index in [2.05, 4.69) is 4.74 Å². The van der Waals surface area contributed by atoms with Crippen molar-refractivity contribution in [2.24, 2.45) is 0 Å². The third-order valence-electron chi connectivity index (χ3n) is 2.73. The van der Waals surface area contributed by atoms with E-state index in [9.17, 15) is 14.4 Å². The molecule has 0 N–H and O–H groups in total. The van der Waals surface area contributed by atoms with Crippen molar-refractivity contribution >= 4 is 17.7 Å². The van der Waals surface area contributed by atoms with Crippen LogP contribution in [0.25, 0.3) is 0 Å². The highest BCUT2D eigenvalue weighted by molar-refractivity contribution is 6.42. The lowest BCUT2D eigenvalue weighted by Gasteiger charge is -2.06. The largest absolute Gasteiger partial charge is 0.496 e. The number of methoxy groups -OCH3 is 1. The zero-order chi connectivity index (χ0) is 15.2. The van der Waals surface area contributed by atoms with Gasteiger partial charge in [-0.2, -0.15) is 0 Å². The van der Waals surface area contributed by atoms with Crippen molar-refractivity contribution in [2.45, 2.75) is 0 Å². The molecule has 2 aromatic rings. The standard InChI is InChI=1S/C16H12O5/c1-20-13-10-6-5-9-12(13)15(18)21-16(19)14(17)11-7-3-2-4-8-11/h2-10H,1H3. The van der Waals surface area contributed by atoms with Crippen molar-refractivity contribution in [2.75, 3.05) is 7.11 Å². The van der Waals surface area contributed by atoms with Crippen LogP contribution in [0, 0.1) is 0 Å². The summed E-state index contributed by atoms with van der Waals surface area (Å²) < 4.78 is 9.58. The van der Waals surface area contributed by atoms with Crippen LogP contribution in [0.3, 0.4) is 0 Å². The van der Waals surface area contributed by atoms with Crippen LogP contribution in [0.4, 0.5) is 0 Å². The summed E-state index contributed by atoms with van der Waals surface area (Å²) in [5, 5.41) is 0. The summed E-state index contributed by atoms with van der Waals surface area (Å²) >= 11 is 0. The third kappa shape index (κ3) is 3.33. The fraction of sp³-hybridized carbons (Fsp3) is 0.0625. The normalized spacial score (nSPS) is 9.76. The molecule has 0 radical (unpaired) electrons. The topological polar surface area (TPSA) is 69.7 Å². The van der Waals surface area contributed by atoms with Crippen molar-refractivity contribution < 1.29 is 23.9 Å². The lowest BCUT2D eigenvalue weighted by Crippen LogP contribution is -2.21. The number of esters is 2. The van der Waals surface area contributed by atoms with Crippen molar-refractivity contribution in [3.63, 3.8) is 0 Å². The molecule has 0 spiro atoms. The maximum atomic E-state index is 11.9. The van der Waals surface area contributed by atoms with Gasteiger partial charge in [-0.15, -0.1) is 0 Å². The molecule has 0 heterocycles. The molecule has 0 amide bonds. The van der Waals surface area contributed by atoms with Gasteiger partial charge in [-0.25, -0.2) is 9.59 Å². The summed E-state index contributed by atoms with van der Waals surface area (Å²) in [6.45, 7) is 0. The van der Waals surface area contributed by atoms with Gasteiger partial charge in [-0.1, -0.05) is 42.5 Å². The Bertz CT molecular complexity index is 676. The van der Waals surface area contributed by atoms with E-state index in [0.29, 0.717) is 0 Å². The molecule has 0 aromatic heterocycles. The molecular formula is C16H12O5. The maximum Gasteiger partial charge on any atom is 0.387 e. The quantitative estimate of drug-likeness (QED) is 0.373. The SMILES string of the molecule is COc1ccccc1C(=O)OC(=O)C(=O)c1ccccc1. The van der Waals surface area contributed by atoms with Gasteiger partial charge < -0.3 is 9.47 Å². The van der Waals surface area contributed by atoms with Crippen molar-refractivity contribution in [1.82, 2.24) is 0 Å². The zero-order valence-corrected chi connectivity index (χ0v) is 11.2. The van der Waals surface area contributed by atoms with E-state index < -0.39 is 17.7 Å². The van der Waals surface area contributed by atoms with E-state index in [1.165, 1.54) is 25.3 Å². The van der Waals surface area contributed by atoms with Gasteiger partial charge in [0.2, 0.25) is 0 Å². The molecule has 2 rings (SSSR count). The number of ketones is 1. The highest BCUT2D eigenvalue weighted by atomic mass is 16.6. The van der Waals surface area contributed by atoms with Crippen LogP contribution in [-0.4, -0.2) is 24.8 Å². The second-order valence-corrected chi connectivity index (χ2v) is 4.07. The van der Waals surface area contributed by atoms with Gasteiger partial charge in [-0.3, -0.25) is 4.79 Å². The molecule has 21 heavy (non-hydrogen) atoms. The molecule has 0 saturated heterocycles. The van der Waals surface area contributed by atoms with Gasteiger partial charge in [0.1, 0.15) is 11.3 Å². The Morgan fingerprint density at radius 1 is 0.857 bits per heavy atom. The van der Waals surface area contributed by atoms with Gasteiger partial charge in [0, 0.05) is 5.56 Å². The van der Waals surface area contributed by atoms with Crippen LogP contribution in [-0.2, 0) is 9.53 Å². The van der Waals surface area contributed by atoms with E-state index in [0.717, 1.165) is 0 Å². The molecule has 0 aliphatic carbocycles. The van der Waals surface area contributed by atoms with Crippen LogP contribution < -0.4 is 4.74 Å². The molecule has 0 unspecified atom stereocenters. The molecule has 0 fully saturated rings. The molecule has 0 bridgehead atoms. The van der Waals surface area contributed by atoms with E-state index in [1.54, 1.807) is 36.4 Å². The maximum absolute atomic E-state index is 11.9. The Morgan fingerprint density at radius 3 is 2.14 bits per heavy atom. The number of para-hydroxylation sites is 1. The first-order valence-corrected chi connectivity index (χ1v) is 6.12. The van der Waals surface area contributed by atoms with Crippen molar-refractivity contribution in [3.05, 3.63) is 65.7 Å². The van der Waals surface area contributed by atoms with Crippen LogP contribution in [0.5, 0.6) is 5.75 Å². The summed E-state index contributed by atoms with van der Waals surface area (Å²) in [4.78, 5) is 35.4. The molecule has 0 saturated carbocycles. The summed E-state index contributed by atoms with van der Waals surface area (Å²) in [7, 11) is 1.39. The Hall–Kier alpha value is -2.95. The van der Waals surface area contributed by atoms with E-state index in [1.807, 2.05) is 0 Å². The van der Waals surface area contributed by atoms with Gasteiger partial charge in [0.15, 0.2) is 0 Å². The first-order valence-electron chi connectivity index (χ1n) is 6.12. The minimum atomic E-state index is -1.22. The molecule has 5 heteroatoms. The molecule has 5 nitrogen and oxygen atoms in total. The number of benzene rings is 2. The summed E-state index contributed by atoms with van der Waals surface area (Å²) in [5.74, 6) is -2.76. The second-order valence-electron chi connectivity index (χ2n) is 4.07. The summed E-state index contributed by atoms with van der Waals surface area (Å²) in [5.41, 5.74) is 0.240. The first kappa shape index (κ1) is 14.5. The highest BCUT2D eigenvalue weighted by Crippen LogP contribution is 2.18. The van der Waals surface area contributed by atoms with E-state index in [-0.39, 0.29) is 16.9 Å². The number of Topliss-reactive ketones (excluding diaryl/α,β-unsaturated/α-hetero) is 1. The highest BCUT2D eigenvalue weighted by Gasteiger charge is 2.23. The smallest absolute Gasteiger partial charge is 0.387 e. The Balaban J connectivity index is 2.13. The van der Waals surface area contributed by atoms with Gasteiger partial charge >= 0.3 is 11.9 Å². The molecule has 0 atom stereocenters. The lowest BCUT2D eigenvalue weighted by atomic mass is 10.1. The lowest BCUT2D eigenvalue weighted by molar-refractivity contribution is -0.132. The predicted molar refractivity (Wildman–Crippen MR) is 74.2 cm³/mol. The van der Waals surface area contributed by atoms with E-state index >= 15 is 0 Å². The van der Waals surface area contributed by atoms with Gasteiger partial charge in [0.05, 0.1) is 7.11 Å². The molecule has 106 valence electrons. The average molecular weight is 284 g/mol. The molecule has 0 aliphatic heterocycles. The monoisotopic (exact) mass is 284 g/mol. The van der Waals surface area contributed by atoms with E-state index in [4.69, 9.17) is 4.74 Å². The number of carbonyl (C=O) groups is 3. The van der Waals surface area contributed by atoms with Gasteiger partial charge in [0.25, 0.3) is 5.78 Å². The minimum absolute atomic E-state index is 0.0780. The molecular weight excluding hydrogens is 272 g/mol. The first-order chi connectivity index (χ1) is 10.1. The molecule has 2 aromatic carbocycles. The van der Waals surface area contributed by atoms with Crippen LogP contribution in [0.1, 0.15) is 20.7 Å². The average Bonchev–Trinajstić information content (AvgIpc) is 2.54. The number of carbonyl (C=O) groups excluding carboxylic acids is 3. The Labute approximate surface area is 121 Å². The van der Waals surface area contributed by atoms with Gasteiger partial charge in [-0.05, 0) is 12.1 Å². The number of hydrogen-bond donors (Lipinski definition) is 0. The third-order valence-corrected chi connectivity index (χ3v) is 2.73.